The highest BCUT2D eigenvalue weighted by Crippen LogP contribution is 2.48. The molecule has 0 saturated carbocycles. The Balaban J connectivity index is 1.38. The molecule has 2 aliphatic rings. The van der Waals surface area contributed by atoms with Gasteiger partial charge in [-0.1, -0.05) is 134 Å². The van der Waals surface area contributed by atoms with E-state index in [-0.39, 0.29) is 0 Å². The van der Waals surface area contributed by atoms with Gasteiger partial charge in [-0.2, -0.15) is 0 Å². The second kappa shape index (κ2) is 9.42. The molecule has 8 aromatic rings. The number of hydrogen-bond acceptors (Lipinski definition) is 0. The highest BCUT2D eigenvalue weighted by atomic mass is 15.0. The number of aromatic nitrogens is 1. The Morgan fingerprint density at radius 3 is 2.16 bits per heavy atom. The van der Waals surface area contributed by atoms with Crippen LogP contribution < -0.4 is 0 Å². The van der Waals surface area contributed by atoms with Crippen molar-refractivity contribution in [2.75, 3.05) is 0 Å². The first-order valence-corrected chi connectivity index (χ1v) is 15.9. The van der Waals surface area contributed by atoms with Crippen LogP contribution in [-0.2, 0) is 0 Å². The molecule has 0 aliphatic heterocycles. The third kappa shape index (κ3) is 3.56. The lowest BCUT2D eigenvalue weighted by molar-refractivity contribution is 0.770. The van der Waals surface area contributed by atoms with Gasteiger partial charge in [0.25, 0.3) is 0 Å². The van der Waals surface area contributed by atoms with Crippen LogP contribution in [-0.4, -0.2) is 4.57 Å². The molecule has 1 nitrogen and oxygen atoms in total. The van der Waals surface area contributed by atoms with Gasteiger partial charge in [-0.3, -0.25) is 0 Å². The van der Waals surface area contributed by atoms with Crippen LogP contribution in [0.25, 0.3) is 81.7 Å². The lowest BCUT2D eigenvalue weighted by Gasteiger charge is -2.24. The van der Waals surface area contributed by atoms with E-state index in [0.717, 1.165) is 6.42 Å². The first-order valence-electron chi connectivity index (χ1n) is 15.9. The van der Waals surface area contributed by atoms with Gasteiger partial charge in [0, 0.05) is 33.2 Å². The number of benzene rings is 7. The van der Waals surface area contributed by atoms with Gasteiger partial charge in [0.2, 0.25) is 0 Å². The highest BCUT2D eigenvalue weighted by Gasteiger charge is 2.25. The van der Waals surface area contributed by atoms with Crippen molar-refractivity contribution in [3.05, 3.63) is 163 Å². The van der Waals surface area contributed by atoms with Gasteiger partial charge in [0.15, 0.2) is 0 Å². The van der Waals surface area contributed by atoms with Crippen molar-refractivity contribution < 1.29 is 0 Å². The van der Waals surface area contributed by atoms with E-state index in [1.54, 1.807) is 0 Å². The van der Waals surface area contributed by atoms with E-state index in [4.69, 9.17) is 0 Å². The minimum atomic E-state index is 0.406. The van der Waals surface area contributed by atoms with Crippen molar-refractivity contribution in [1.29, 1.82) is 0 Å². The molecule has 45 heavy (non-hydrogen) atoms. The summed E-state index contributed by atoms with van der Waals surface area (Å²) in [6.07, 6.45) is 14.6. The summed E-state index contributed by atoms with van der Waals surface area (Å²) in [7, 11) is 0. The van der Waals surface area contributed by atoms with Gasteiger partial charge >= 0.3 is 0 Å². The van der Waals surface area contributed by atoms with Gasteiger partial charge in [0.1, 0.15) is 0 Å². The second-order valence-corrected chi connectivity index (χ2v) is 12.5. The van der Waals surface area contributed by atoms with Crippen LogP contribution in [0.15, 0.2) is 163 Å². The minimum absolute atomic E-state index is 0.406. The molecular weight excluding hydrogens is 542 g/mol. The third-order valence-electron chi connectivity index (χ3n) is 10.1. The molecule has 0 radical (unpaired) electrons. The maximum Gasteiger partial charge on any atom is 0.0622 e. The van der Waals surface area contributed by atoms with Gasteiger partial charge in [-0.25, -0.2) is 0 Å². The van der Waals surface area contributed by atoms with Crippen LogP contribution >= 0.6 is 0 Å². The Hall–Kier alpha value is -5.66. The highest BCUT2D eigenvalue weighted by molar-refractivity contribution is 6.38. The number of nitrogens with zero attached hydrogens (tertiary/aromatic N) is 1. The fourth-order valence-electron chi connectivity index (χ4n) is 8.04. The van der Waals surface area contributed by atoms with Crippen molar-refractivity contribution in [3.8, 4) is 11.1 Å². The van der Waals surface area contributed by atoms with E-state index in [1.165, 1.54) is 87.3 Å². The number of allylic oxidation sites excluding steroid dienone is 8. The lowest BCUT2D eigenvalue weighted by Crippen LogP contribution is -2.10. The lowest BCUT2D eigenvalue weighted by atomic mass is 9.86. The topological polar surface area (TPSA) is 4.93 Å². The summed E-state index contributed by atoms with van der Waals surface area (Å²) in [5.41, 5.74) is 7.85. The van der Waals surface area contributed by atoms with Gasteiger partial charge in [-0.05, 0) is 79.7 Å². The molecule has 1 unspecified atom stereocenters. The summed E-state index contributed by atoms with van der Waals surface area (Å²) in [5, 5.41) is 13.0. The molecule has 0 bridgehead atoms. The Bertz CT molecular complexity index is 2670. The fourth-order valence-corrected chi connectivity index (χ4v) is 8.04. The standard InChI is InChI=1S/C44H29N/c1-3-13-30-25-32(22-21-28(30)11-1)39-27-40-35-16-6-8-18-37(35)44-43(42(40)36-17-7-5-15-34(36)39)38-19-9-10-20-41(38)45(44)33-24-23-29-12-2-4-14-31(29)26-33/h1-25,27,31H,26H2. The Morgan fingerprint density at radius 1 is 0.533 bits per heavy atom. The van der Waals surface area contributed by atoms with E-state index in [0.29, 0.717) is 5.92 Å². The monoisotopic (exact) mass is 571 g/mol. The molecule has 1 heterocycles. The first-order chi connectivity index (χ1) is 22.3. The molecule has 7 aromatic carbocycles. The van der Waals surface area contributed by atoms with Crippen molar-refractivity contribution in [2.24, 2.45) is 5.92 Å². The predicted octanol–water partition coefficient (Wildman–Crippen LogP) is 12.0. The van der Waals surface area contributed by atoms with Crippen LogP contribution in [0.4, 0.5) is 0 Å². The maximum absolute atomic E-state index is 2.57. The largest absolute Gasteiger partial charge is 0.312 e. The van der Waals surface area contributed by atoms with Crippen LogP contribution in [0.2, 0.25) is 0 Å². The smallest absolute Gasteiger partial charge is 0.0622 e. The zero-order valence-electron chi connectivity index (χ0n) is 24.7. The van der Waals surface area contributed by atoms with E-state index in [2.05, 4.69) is 162 Å². The van der Waals surface area contributed by atoms with Crippen LogP contribution in [0.3, 0.4) is 0 Å². The molecule has 0 spiro atoms. The van der Waals surface area contributed by atoms with Crippen LogP contribution in [0.5, 0.6) is 0 Å². The number of para-hydroxylation sites is 1. The van der Waals surface area contributed by atoms with E-state index in [1.807, 2.05) is 0 Å². The average molecular weight is 572 g/mol. The SMILES string of the molecule is C1=CC2=CC=C(n3c4ccccc4c4c5c6ccccc6c(-c6ccc7ccccc7c6)cc5c5ccccc5c43)CC2C=C1. The van der Waals surface area contributed by atoms with Crippen molar-refractivity contribution in [1.82, 2.24) is 4.57 Å². The Labute approximate surface area is 261 Å². The molecule has 2 aliphatic carbocycles. The average Bonchev–Trinajstić information content (AvgIpc) is 3.46. The zero-order chi connectivity index (χ0) is 29.5. The summed E-state index contributed by atoms with van der Waals surface area (Å²) in [5.74, 6) is 0.406. The molecule has 1 aromatic heterocycles. The zero-order valence-corrected chi connectivity index (χ0v) is 24.7. The summed E-state index contributed by atoms with van der Waals surface area (Å²) in [6.45, 7) is 0. The second-order valence-electron chi connectivity index (χ2n) is 12.5. The molecule has 1 heteroatoms. The number of rotatable bonds is 2. The molecule has 0 saturated heterocycles. The molecule has 10 rings (SSSR count). The van der Waals surface area contributed by atoms with E-state index >= 15 is 0 Å². The molecule has 0 amide bonds. The summed E-state index contributed by atoms with van der Waals surface area (Å²) in [4.78, 5) is 0. The number of fused-ring (bicyclic) bond motifs is 12. The van der Waals surface area contributed by atoms with Crippen LogP contribution in [0.1, 0.15) is 6.42 Å². The quantitative estimate of drug-likeness (QED) is 0.182. The molecule has 1 atom stereocenters. The summed E-state index contributed by atoms with van der Waals surface area (Å²) in [6, 6.07) is 45.1. The Morgan fingerprint density at radius 2 is 1.27 bits per heavy atom. The van der Waals surface area contributed by atoms with E-state index in [9.17, 15) is 0 Å². The molecule has 0 fully saturated rings. The molecular formula is C44H29N. The Kier molecular flexibility index (Phi) is 5.18. The summed E-state index contributed by atoms with van der Waals surface area (Å²) < 4.78 is 2.57. The first kappa shape index (κ1) is 24.7. The normalized spacial score (nSPS) is 16.2. The van der Waals surface area contributed by atoms with Crippen molar-refractivity contribution in [2.45, 2.75) is 6.42 Å². The van der Waals surface area contributed by atoms with Crippen LogP contribution in [0, 0.1) is 5.92 Å². The fraction of sp³-hybridized carbons (Fsp3) is 0.0455. The van der Waals surface area contributed by atoms with Gasteiger partial charge in [-0.15, -0.1) is 0 Å². The minimum Gasteiger partial charge on any atom is -0.312 e. The van der Waals surface area contributed by atoms with Crippen molar-refractivity contribution in [3.63, 3.8) is 0 Å². The molecule has 210 valence electrons. The number of hydrogen-bond donors (Lipinski definition) is 0. The third-order valence-corrected chi connectivity index (χ3v) is 10.1. The van der Waals surface area contributed by atoms with Gasteiger partial charge < -0.3 is 4.57 Å². The van der Waals surface area contributed by atoms with Crippen molar-refractivity contribution >= 4 is 70.6 Å². The van der Waals surface area contributed by atoms with E-state index < -0.39 is 0 Å². The molecule has 0 N–H and O–H groups in total. The predicted molar refractivity (Wildman–Crippen MR) is 194 cm³/mol. The summed E-state index contributed by atoms with van der Waals surface area (Å²) >= 11 is 0. The maximum atomic E-state index is 2.57. The van der Waals surface area contributed by atoms with Gasteiger partial charge in [0.05, 0.1) is 11.0 Å².